The average Bonchev–Trinajstić information content (AvgIpc) is 2.99. The third kappa shape index (κ3) is 3.62. The summed E-state index contributed by atoms with van der Waals surface area (Å²) in [5.41, 5.74) is 0. The monoisotopic (exact) mass is 299 g/mol. The van der Waals surface area contributed by atoms with Crippen LogP contribution in [-0.4, -0.2) is 43.0 Å². The molecule has 1 aliphatic heterocycles. The second-order valence-corrected chi connectivity index (χ2v) is 7.96. The van der Waals surface area contributed by atoms with E-state index < -0.39 is 10.0 Å². The average molecular weight is 299 g/mol. The van der Waals surface area contributed by atoms with Gasteiger partial charge in [-0.25, -0.2) is 8.42 Å². The summed E-state index contributed by atoms with van der Waals surface area (Å²) in [5.74, 6) is 0.315. The molecule has 0 aromatic carbocycles. The van der Waals surface area contributed by atoms with Crippen molar-refractivity contribution in [3.05, 3.63) is 18.5 Å². The van der Waals surface area contributed by atoms with E-state index in [-0.39, 0.29) is 6.04 Å². The van der Waals surface area contributed by atoms with Gasteiger partial charge in [0.25, 0.3) is 0 Å². The number of rotatable bonds is 6. The summed E-state index contributed by atoms with van der Waals surface area (Å²) in [6, 6.07) is 1.96. The van der Waals surface area contributed by atoms with Crippen LogP contribution in [0.1, 0.15) is 26.7 Å². The normalized spacial score (nSPS) is 20.1. The highest BCUT2D eigenvalue weighted by atomic mass is 32.2. The Hall–Kier alpha value is -0.850. The molecule has 0 bridgehead atoms. The minimum absolute atomic E-state index is 0.284. The number of aromatic nitrogens is 1. The van der Waals surface area contributed by atoms with Gasteiger partial charge in [-0.2, -0.15) is 4.31 Å². The minimum Gasteiger partial charge on any atom is -0.356 e. The Morgan fingerprint density at radius 2 is 2.25 bits per heavy atom. The predicted octanol–water partition coefficient (Wildman–Crippen LogP) is 1.42. The molecule has 6 heteroatoms. The van der Waals surface area contributed by atoms with Crippen molar-refractivity contribution in [2.75, 3.05) is 19.6 Å². The van der Waals surface area contributed by atoms with Gasteiger partial charge in [0.1, 0.15) is 0 Å². The molecule has 1 aromatic rings. The molecular formula is C14H25N3O2S. The second kappa shape index (κ2) is 6.28. The standard InChI is InChI=1S/C14H25N3O2S/c1-12(2)9-17(10-13-5-4-7-15-13)20(18,19)14-6-8-16(3)11-14/h6,8,11-13,15H,4-5,7,9-10H2,1-3H3. The molecule has 0 amide bonds. The topological polar surface area (TPSA) is 54.3 Å². The van der Waals surface area contributed by atoms with Crippen LogP contribution in [0.25, 0.3) is 0 Å². The summed E-state index contributed by atoms with van der Waals surface area (Å²) >= 11 is 0. The molecule has 0 aliphatic carbocycles. The smallest absolute Gasteiger partial charge is 0.244 e. The lowest BCUT2D eigenvalue weighted by atomic mass is 10.2. The fourth-order valence-corrected chi connectivity index (χ4v) is 4.32. The zero-order chi connectivity index (χ0) is 14.8. The summed E-state index contributed by atoms with van der Waals surface area (Å²) in [5, 5.41) is 3.38. The van der Waals surface area contributed by atoms with Crippen LogP contribution < -0.4 is 5.32 Å². The number of aryl methyl sites for hydroxylation is 1. The Balaban J connectivity index is 2.19. The number of hydrogen-bond acceptors (Lipinski definition) is 3. The Bertz CT molecular complexity index is 530. The molecule has 1 saturated heterocycles. The zero-order valence-corrected chi connectivity index (χ0v) is 13.4. The fraction of sp³-hybridized carbons (Fsp3) is 0.714. The van der Waals surface area contributed by atoms with Crippen LogP contribution in [0.3, 0.4) is 0 Å². The van der Waals surface area contributed by atoms with E-state index >= 15 is 0 Å². The largest absolute Gasteiger partial charge is 0.356 e. The van der Waals surface area contributed by atoms with E-state index in [0.717, 1.165) is 19.4 Å². The molecule has 1 fully saturated rings. The Kier molecular flexibility index (Phi) is 4.88. The molecule has 0 radical (unpaired) electrons. The molecule has 0 saturated carbocycles. The molecule has 114 valence electrons. The Morgan fingerprint density at radius 3 is 2.75 bits per heavy atom. The van der Waals surface area contributed by atoms with Crippen LogP contribution >= 0.6 is 0 Å². The van der Waals surface area contributed by atoms with Crippen LogP contribution in [0.2, 0.25) is 0 Å². The van der Waals surface area contributed by atoms with Crippen LogP contribution in [0.5, 0.6) is 0 Å². The maximum absolute atomic E-state index is 12.8. The summed E-state index contributed by atoms with van der Waals surface area (Å²) < 4.78 is 28.9. The first-order chi connectivity index (χ1) is 9.39. The van der Waals surface area contributed by atoms with Crippen molar-refractivity contribution in [1.82, 2.24) is 14.2 Å². The minimum atomic E-state index is -3.39. The third-order valence-electron chi connectivity index (χ3n) is 3.60. The summed E-state index contributed by atoms with van der Waals surface area (Å²) in [6.07, 6.45) is 5.63. The molecule has 1 aromatic heterocycles. The summed E-state index contributed by atoms with van der Waals surface area (Å²) in [6.45, 7) is 6.22. The van der Waals surface area contributed by atoms with Gasteiger partial charge < -0.3 is 9.88 Å². The van der Waals surface area contributed by atoms with E-state index in [0.29, 0.717) is 23.9 Å². The van der Waals surface area contributed by atoms with Crippen molar-refractivity contribution in [2.45, 2.75) is 37.6 Å². The number of sulfonamides is 1. The molecule has 1 aliphatic rings. The highest BCUT2D eigenvalue weighted by Crippen LogP contribution is 2.19. The van der Waals surface area contributed by atoms with Crippen LogP contribution in [0, 0.1) is 5.92 Å². The lowest BCUT2D eigenvalue weighted by Crippen LogP contribution is -2.42. The Morgan fingerprint density at radius 1 is 1.50 bits per heavy atom. The molecule has 20 heavy (non-hydrogen) atoms. The van der Waals surface area contributed by atoms with Gasteiger partial charge in [0.05, 0.1) is 4.90 Å². The summed E-state index contributed by atoms with van der Waals surface area (Å²) in [4.78, 5) is 0.388. The second-order valence-electron chi connectivity index (χ2n) is 6.02. The van der Waals surface area contributed by atoms with E-state index in [1.54, 1.807) is 27.3 Å². The zero-order valence-electron chi connectivity index (χ0n) is 12.5. The number of hydrogen-bond donors (Lipinski definition) is 1. The van der Waals surface area contributed by atoms with Gasteiger partial charge in [-0.3, -0.25) is 0 Å². The first-order valence-corrected chi connectivity index (χ1v) is 8.69. The first-order valence-electron chi connectivity index (χ1n) is 7.25. The maximum Gasteiger partial charge on any atom is 0.244 e. The lowest BCUT2D eigenvalue weighted by Gasteiger charge is -2.26. The Labute approximate surface area is 122 Å². The molecule has 2 heterocycles. The molecule has 5 nitrogen and oxygen atoms in total. The van der Waals surface area contributed by atoms with Gasteiger partial charge in [-0.15, -0.1) is 0 Å². The predicted molar refractivity (Wildman–Crippen MR) is 80.0 cm³/mol. The van der Waals surface area contributed by atoms with Gasteiger partial charge in [-0.05, 0) is 31.4 Å². The van der Waals surface area contributed by atoms with E-state index in [9.17, 15) is 8.42 Å². The lowest BCUT2D eigenvalue weighted by molar-refractivity contribution is 0.336. The van der Waals surface area contributed by atoms with Crippen LogP contribution in [-0.2, 0) is 17.1 Å². The summed E-state index contributed by atoms with van der Waals surface area (Å²) in [7, 11) is -1.55. The molecule has 1 N–H and O–H groups in total. The molecule has 2 rings (SSSR count). The van der Waals surface area contributed by atoms with Gasteiger partial charge in [-0.1, -0.05) is 13.8 Å². The fourth-order valence-electron chi connectivity index (χ4n) is 2.62. The van der Waals surface area contributed by atoms with Crippen molar-refractivity contribution in [3.8, 4) is 0 Å². The van der Waals surface area contributed by atoms with Crippen molar-refractivity contribution in [2.24, 2.45) is 13.0 Å². The molecule has 0 spiro atoms. The van der Waals surface area contributed by atoms with E-state index in [1.165, 1.54) is 0 Å². The number of nitrogens with zero attached hydrogens (tertiary/aromatic N) is 2. The SMILES string of the molecule is CC(C)CN(CC1CCCN1)S(=O)(=O)c1ccn(C)c1. The van der Waals surface area contributed by atoms with E-state index in [1.807, 2.05) is 7.05 Å². The van der Waals surface area contributed by atoms with Crippen LogP contribution in [0.4, 0.5) is 0 Å². The van der Waals surface area contributed by atoms with Crippen molar-refractivity contribution >= 4 is 10.0 Å². The quantitative estimate of drug-likeness (QED) is 0.864. The highest BCUT2D eigenvalue weighted by molar-refractivity contribution is 7.89. The first kappa shape index (κ1) is 15.5. The third-order valence-corrected chi connectivity index (χ3v) is 5.41. The molecule has 1 atom stereocenters. The van der Waals surface area contributed by atoms with Gasteiger partial charge in [0.2, 0.25) is 10.0 Å². The van der Waals surface area contributed by atoms with Crippen molar-refractivity contribution in [1.29, 1.82) is 0 Å². The van der Waals surface area contributed by atoms with Gasteiger partial charge in [0.15, 0.2) is 0 Å². The number of nitrogens with one attached hydrogen (secondary N) is 1. The van der Waals surface area contributed by atoms with Crippen molar-refractivity contribution < 1.29 is 8.42 Å². The highest BCUT2D eigenvalue weighted by Gasteiger charge is 2.29. The van der Waals surface area contributed by atoms with Gasteiger partial charge >= 0.3 is 0 Å². The molecular weight excluding hydrogens is 274 g/mol. The molecule has 1 unspecified atom stereocenters. The van der Waals surface area contributed by atoms with E-state index in [4.69, 9.17) is 0 Å². The van der Waals surface area contributed by atoms with E-state index in [2.05, 4.69) is 19.2 Å². The van der Waals surface area contributed by atoms with Crippen molar-refractivity contribution in [3.63, 3.8) is 0 Å². The maximum atomic E-state index is 12.8. The van der Waals surface area contributed by atoms with Gasteiger partial charge in [0, 0.05) is 38.6 Å². The van der Waals surface area contributed by atoms with Crippen LogP contribution in [0.15, 0.2) is 23.4 Å².